The zero-order valence-corrected chi connectivity index (χ0v) is 10.9. The second kappa shape index (κ2) is 4.48. The predicted octanol–water partition coefficient (Wildman–Crippen LogP) is 2.13. The standard InChI is InChI=1S/C13H19N5/c1-3-18-7-6-11(15-18)9-14-13-8-12(10-4-5-10)16-17(13)2/h6-8,10,14H,3-5,9H2,1-2H3. The van der Waals surface area contributed by atoms with Crippen LogP contribution in [0.5, 0.6) is 0 Å². The van der Waals surface area contributed by atoms with Crippen molar-refractivity contribution in [1.82, 2.24) is 19.6 Å². The Balaban J connectivity index is 1.65. The van der Waals surface area contributed by atoms with Crippen LogP contribution in [0.2, 0.25) is 0 Å². The Kier molecular flexibility index (Phi) is 2.81. The molecule has 2 aromatic heterocycles. The molecule has 0 saturated heterocycles. The summed E-state index contributed by atoms with van der Waals surface area (Å²) in [5, 5.41) is 12.4. The lowest BCUT2D eigenvalue weighted by Crippen LogP contribution is -2.05. The number of rotatable bonds is 5. The number of hydrogen-bond acceptors (Lipinski definition) is 3. The molecular weight excluding hydrogens is 226 g/mol. The summed E-state index contributed by atoms with van der Waals surface area (Å²) < 4.78 is 3.86. The largest absolute Gasteiger partial charge is 0.365 e. The van der Waals surface area contributed by atoms with Gasteiger partial charge in [0.1, 0.15) is 5.82 Å². The van der Waals surface area contributed by atoms with Crippen LogP contribution in [0.4, 0.5) is 5.82 Å². The topological polar surface area (TPSA) is 47.7 Å². The van der Waals surface area contributed by atoms with Gasteiger partial charge in [-0.05, 0) is 25.8 Å². The van der Waals surface area contributed by atoms with Gasteiger partial charge in [-0.1, -0.05) is 0 Å². The van der Waals surface area contributed by atoms with Crippen molar-refractivity contribution in [3.8, 4) is 0 Å². The van der Waals surface area contributed by atoms with Gasteiger partial charge in [0, 0.05) is 31.8 Å². The quantitative estimate of drug-likeness (QED) is 0.877. The lowest BCUT2D eigenvalue weighted by molar-refractivity contribution is 0.648. The molecule has 3 rings (SSSR count). The summed E-state index contributed by atoms with van der Waals surface area (Å²) in [7, 11) is 1.98. The van der Waals surface area contributed by atoms with E-state index in [0.29, 0.717) is 5.92 Å². The van der Waals surface area contributed by atoms with Crippen LogP contribution in [0.15, 0.2) is 18.3 Å². The third-order valence-corrected chi connectivity index (χ3v) is 3.36. The average Bonchev–Trinajstić information content (AvgIpc) is 3.01. The first-order valence-corrected chi connectivity index (χ1v) is 6.56. The van der Waals surface area contributed by atoms with Crippen LogP contribution in [0, 0.1) is 0 Å². The van der Waals surface area contributed by atoms with E-state index >= 15 is 0 Å². The van der Waals surface area contributed by atoms with Crippen molar-refractivity contribution in [2.24, 2.45) is 7.05 Å². The summed E-state index contributed by atoms with van der Waals surface area (Å²) in [6, 6.07) is 4.21. The molecule has 0 bridgehead atoms. The molecule has 1 saturated carbocycles. The van der Waals surface area contributed by atoms with Crippen molar-refractivity contribution in [3.63, 3.8) is 0 Å². The van der Waals surface area contributed by atoms with Gasteiger partial charge in [-0.2, -0.15) is 10.2 Å². The van der Waals surface area contributed by atoms with Gasteiger partial charge in [0.15, 0.2) is 0 Å². The average molecular weight is 245 g/mol. The predicted molar refractivity (Wildman–Crippen MR) is 70.4 cm³/mol. The highest BCUT2D eigenvalue weighted by Gasteiger charge is 2.26. The van der Waals surface area contributed by atoms with E-state index in [9.17, 15) is 0 Å². The van der Waals surface area contributed by atoms with Crippen molar-refractivity contribution in [2.45, 2.75) is 38.8 Å². The van der Waals surface area contributed by atoms with Crippen LogP contribution in [-0.2, 0) is 20.1 Å². The first-order valence-electron chi connectivity index (χ1n) is 6.56. The molecule has 96 valence electrons. The maximum absolute atomic E-state index is 4.53. The minimum absolute atomic E-state index is 0.700. The Hall–Kier alpha value is -1.78. The Morgan fingerprint density at radius 3 is 2.89 bits per heavy atom. The SMILES string of the molecule is CCn1ccc(CNc2cc(C3CC3)nn2C)n1. The summed E-state index contributed by atoms with van der Waals surface area (Å²) in [5.41, 5.74) is 2.28. The van der Waals surface area contributed by atoms with Crippen LogP contribution in [-0.4, -0.2) is 19.6 Å². The molecule has 5 heteroatoms. The van der Waals surface area contributed by atoms with Crippen LogP contribution >= 0.6 is 0 Å². The summed E-state index contributed by atoms with van der Waals surface area (Å²) >= 11 is 0. The maximum Gasteiger partial charge on any atom is 0.124 e. The normalized spacial score (nSPS) is 15.0. The van der Waals surface area contributed by atoms with E-state index in [1.165, 1.54) is 18.5 Å². The molecule has 1 aliphatic rings. The van der Waals surface area contributed by atoms with Crippen molar-refractivity contribution in [2.75, 3.05) is 5.32 Å². The van der Waals surface area contributed by atoms with Crippen LogP contribution in [0.25, 0.3) is 0 Å². The van der Waals surface area contributed by atoms with Gasteiger partial charge in [-0.3, -0.25) is 9.36 Å². The summed E-state index contributed by atoms with van der Waals surface area (Å²) in [5.74, 6) is 1.77. The van der Waals surface area contributed by atoms with Crippen LogP contribution in [0.3, 0.4) is 0 Å². The van der Waals surface area contributed by atoms with Gasteiger partial charge < -0.3 is 5.32 Å². The molecule has 1 N–H and O–H groups in total. The van der Waals surface area contributed by atoms with Crippen molar-refractivity contribution in [1.29, 1.82) is 0 Å². The molecule has 0 spiro atoms. The van der Waals surface area contributed by atoms with Crippen LogP contribution in [0.1, 0.15) is 37.1 Å². The fraction of sp³-hybridized carbons (Fsp3) is 0.538. The lowest BCUT2D eigenvalue weighted by atomic mass is 10.3. The van der Waals surface area contributed by atoms with E-state index in [2.05, 4.69) is 34.6 Å². The first kappa shape index (κ1) is 11.3. The summed E-state index contributed by atoms with van der Waals surface area (Å²) in [6.45, 7) is 3.75. The van der Waals surface area contributed by atoms with E-state index < -0.39 is 0 Å². The summed E-state index contributed by atoms with van der Waals surface area (Å²) in [4.78, 5) is 0. The first-order chi connectivity index (χ1) is 8.76. The molecule has 5 nitrogen and oxygen atoms in total. The number of hydrogen-bond donors (Lipinski definition) is 1. The fourth-order valence-electron chi connectivity index (χ4n) is 2.09. The minimum atomic E-state index is 0.700. The molecule has 1 aliphatic carbocycles. The highest BCUT2D eigenvalue weighted by molar-refractivity contribution is 5.39. The van der Waals surface area contributed by atoms with E-state index in [4.69, 9.17) is 0 Å². The van der Waals surface area contributed by atoms with Crippen molar-refractivity contribution >= 4 is 5.82 Å². The third kappa shape index (κ3) is 2.25. The number of aryl methyl sites for hydroxylation is 2. The lowest BCUT2D eigenvalue weighted by Gasteiger charge is -2.03. The number of aromatic nitrogens is 4. The van der Waals surface area contributed by atoms with Gasteiger partial charge in [0.05, 0.1) is 17.9 Å². The zero-order valence-electron chi connectivity index (χ0n) is 10.9. The monoisotopic (exact) mass is 245 g/mol. The van der Waals surface area contributed by atoms with Crippen molar-refractivity contribution < 1.29 is 0 Å². The Morgan fingerprint density at radius 2 is 2.22 bits per heavy atom. The van der Waals surface area contributed by atoms with E-state index in [1.54, 1.807) is 0 Å². The molecule has 0 aromatic carbocycles. The van der Waals surface area contributed by atoms with Gasteiger partial charge in [0.25, 0.3) is 0 Å². The molecular formula is C13H19N5. The number of nitrogens with one attached hydrogen (secondary N) is 1. The molecule has 2 heterocycles. The molecule has 18 heavy (non-hydrogen) atoms. The van der Waals surface area contributed by atoms with Crippen LogP contribution < -0.4 is 5.32 Å². The van der Waals surface area contributed by atoms with Gasteiger partial charge in [-0.25, -0.2) is 0 Å². The second-order valence-corrected chi connectivity index (χ2v) is 4.87. The maximum atomic E-state index is 4.53. The molecule has 0 amide bonds. The Bertz CT molecular complexity index is 535. The number of anilines is 1. The van der Waals surface area contributed by atoms with E-state index in [-0.39, 0.29) is 0 Å². The third-order valence-electron chi connectivity index (χ3n) is 3.36. The molecule has 1 fully saturated rings. The van der Waals surface area contributed by atoms with Gasteiger partial charge in [-0.15, -0.1) is 0 Å². The molecule has 0 unspecified atom stereocenters. The van der Waals surface area contributed by atoms with Crippen molar-refractivity contribution in [3.05, 3.63) is 29.7 Å². The molecule has 2 aromatic rings. The van der Waals surface area contributed by atoms with E-state index in [0.717, 1.165) is 24.6 Å². The smallest absolute Gasteiger partial charge is 0.124 e. The highest BCUT2D eigenvalue weighted by Crippen LogP contribution is 2.39. The molecule has 0 radical (unpaired) electrons. The van der Waals surface area contributed by atoms with Gasteiger partial charge in [0.2, 0.25) is 0 Å². The Morgan fingerprint density at radius 1 is 1.39 bits per heavy atom. The highest BCUT2D eigenvalue weighted by atomic mass is 15.3. The van der Waals surface area contributed by atoms with E-state index in [1.807, 2.05) is 22.6 Å². The molecule has 0 aliphatic heterocycles. The Labute approximate surface area is 107 Å². The molecule has 0 atom stereocenters. The summed E-state index contributed by atoms with van der Waals surface area (Å²) in [6.07, 6.45) is 4.59. The fourth-order valence-corrected chi connectivity index (χ4v) is 2.09. The second-order valence-electron chi connectivity index (χ2n) is 4.87. The number of nitrogens with zero attached hydrogens (tertiary/aromatic N) is 4. The zero-order chi connectivity index (χ0) is 12.5. The minimum Gasteiger partial charge on any atom is -0.365 e. The van der Waals surface area contributed by atoms with Gasteiger partial charge >= 0.3 is 0 Å².